The molecular formula is C22H38ClN7O3. The molecule has 0 radical (unpaired) electrons. The van der Waals surface area contributed by atoms with E-state index in [0.717, 1.165) is 31.1 Å². The van der Waals surface area contributed by atoms with Gasteiger partial charge in [0, 0.05) is 37.9 Å². The number of aliphatic hydroxyl groups excluding tert-OH is 2. The van der Waals surface area contributed by atoms with Crippen molar-refractivity contribution in [2.75, 3.05) is 53.6 Å². The molecule has 1 aromatic rings. The predicted molar refractivity (Wildman–Crippen MR) is 127 cm³/mol. The third kappa shape index (κ3) is 6.03. The number of nitrogens with two attached hydrogens (primary N) is 1. The van der Waals surface area contributed by atoms with Crippen LogP contribution in [0.3, 0.4) is 0 Å². The van der Waals surface area contributed by atoms with Gasteiger partial charge in [-0.3, -0.25) is 16.0 Å². The molecule has 3 aliphatic heterocycles. The molecule has 10 nitrogen and oxygen atoms in total. The minimum absolute atomic E-state index is 0.0110. The average molecular weight is 484 g/mol. The van der Waals surface area contributed by atoms with Crippen molar-refractivity contribution in [2.24, 2.45) is 5.73 Å². The number of hydrogen-bond donors (Lipinski definition) is 6. The second kappa shape index (κ2) is 11.2. The van der Waals surface area contributed by atoms with Gasteiger partial charge in [-0.1, -0.05) is 23.7 Å². The summed E-state index contributed by atoms with van der Waals surface area (Å²) < 4.78 is 6.17. The van der Waals surface area contributed by atoms with E-state index in [1.807, 2.05) is 24.1 Å². The van der Waals surface area contributed by atoms with Gasteiger partial charge in [0.2, 0.25) is 0 Å². The monoisotopic (exact) mass is 483 g/mol. The highest BCUT2D eigenvalue weighted by atomic mass is 35.5. The van der Waals surface area contributed by atoms with Gasteiger partial charge in [-0.2, -0.15) is 0 Å². The number of hydrogen-bond acceptors (Lipinski definition) is 10. The van der Waals surface area contributed by atoms with Crippen LogP contribution < -0.4 is 21.7 Å². The molecule has 3 unspecified atom stereocenters. The second-order valence-corrected chi connectivity index (χ2v) is 9.88. The lowest BCUT2D eigenvalue weighted by Crippen LogP contribution is -2.68. The summed E-state index contributed by atoms with van der Waals surface area (Å²) in [5.41, 5.74) is 7.41. The summed E-state index contributed by atoms with van der Waals surface area (Å²) in [6.07, 6.45) is -2.21. The quantitative estimate of drug-likeness (QED) is 0.239. The summed E-state index contributed by atoms with van der Waals surface area (Å²) in [6, 6.07) is 7.99. The number of rotatable bonds is 9. The molecular weight excluding hydrogens is 446 g/mol. The zero-order valence-electron chi connectivity index (χ0n) is 19.4. The van der Waals surface area contributed by atoms with Crippen LogP contribution in [-0.2, 0) is 11.2 Å². The van der Waals surface area contributed by atoms with Crippen molar-refractivity contribution in [2.45, 2.75) is 49.3 Å². The van der Waals surface area contributed by atoms with Crippen LogP contribution in [0, 0.1) is 0 Å². The van der Waals surface area contributed by atoms with E-state index in [-0.39, 0.29) is 18.4 Å². The fourth-order valence-electron chi connectivity index (χ4n) is 4.83. The first-order chi connectivity index (χ1) is 15.8. The first-order valence-electron chi connectivity index (χ1n) is 11.7. The lowest BCUT2D eigenvalue weighted by atomic mass is 10.1. The number of ether oxygens (including phenoxy) is 1. The van der Waals surface area contributed by atoms with Crippen LogP contribution in [-0.4, -0.2) is 121 Å². The number of nitrogens with one attached hydrogen (secondary N) is 3. The number of likely N-dealkylation sites (N-methyl/N-ethyl adjacent to an activating group) is 2. The van der Waals surface area contributed by atoms with Crippen molar-refractivity contribution in [3.63, 3.8) is 0 Å². The maximum absolute atomic E-state index is 10.7. The van der Waals surface area contributed by atoms with E-state index in [2.05, 4.69) is 44.9 Å². The van der Waals surface area contributed by atoms with Gasteiger partial charge in [-0.15, -0.1) is 0 Å². The highest BCUT2D eigenvalue weighted by Crippen LogP contribution is 2.28. The zero-order valence-corrected chi connectivity index (χ0v) is 20.2. The van der Waals surface area contributed by atoms with Crippen molar-refractivity contribution in [1.29, 1.82) is 0 Å². The van der Waals surface area contributed by atoms with E-state index < -0.39 is 24.5 Å². The molecule has 0 bridgehead atoms. The first kappa shape index (κ1) is 25.2. The van der Waals surface area contributed by atoms with E-state index in [9.17, 15) is 10.2 Å². The van der Waals surface area contributed by atoms with Crippen LogP contribution in [0.25, 0.3) is 0 Å². The Labute approximate surface area is 201 Å². The lowest BCUT2D eigenvalue weighted by Gasteiger charge is -2.38. The first-order valence-corrected chi connectivity index (χ1v) is 12.1. The number of aliphatic hydroxyl groups is 2. The lowest BCUT2D eigenvalue weighted by molar-refractivity contribution is -0.106. The molecule has 3 aliphatic rings. The fourth-order valence-corrected chi connectivity index (χ4v) is 4.95. The highest BCUT2D eigenvalue weighted by molar-refractivity contribution is 6.30. The van der Waals surface area contributed by atoms with E-state index in [4.69, 9.17) is 22.1 Å². The topological polar surface area (TPSA) is 122 Å². The summed E-state index contributed by atoms with van der Waals surface area (Å²) in [5.74, 6) is 0. The van der Waals surface area contributed by atoms with Gasteiger partial charge >= 0.3 is 0 Å². The predicted octanol–water partition coefficient (Wildman–Crippen LogP) is -1.81. The Morgan fingerprint density at radius 3 is 2.55 bits per heavy atom. The summed E-state index contributed by atoms with van der Waals surface area (Å²) in [4.78, 5) is 6.45. The maximum Gasteiger partial charge on any atom is 0.142 e. The normalized spacial score (nSPS) is 35.0. The third-order valence-corrected chi connectivity index (χ3v) is 7.21. The molecule has 7 atom stereocenters. The van der Waals surface area contributed by atoms with Gasteiger partial charge in [0.25, 0.3) is 0 Å². The van der Waals surface area contributed by atoms with Gasteiger partial charge in [0.1, 0.15) is 24.5 Å². The van der Waals surface area contributed by atoms with Crippen molar-refractivity contribution < 1.29 is 14.9 Å². The minimum Gasteiger partial charge on any atom is -0.387 e. The van der Waals surface area contributed by atoms with Crippen molar-refractivity contribution >= 4 is 11.6 Å². The molecule has 0 saturated carbocycles. The Morgan fingerprint density at radius 1 is 1.06 bits per heavy atom. The zero-order chi connectivity index (χ0) is 23.5. The van der Waals surface area contributed by atoms with Crippen molar-refractivity contribution in [3.8, 4) is 0 Å². The van der Waals surface area contributed by atoms with Gasteiger partial charge in [0.15, 0.2) is 0 Å². The molecule has 11 heteroatoms. The summed E-state index contributed by atoms with van der Waals surface area (Å²) in [5, 5.41) is 32.0. The van der Waals surface area contributed by atoms with Gasteiger partial charge in [-0.25, -0.2) is 4.90 Å². The Hall–Kier alpha value is -0.890. The summed E-state index contributed by atoms with van der Waals surface area (Å²) in [7, 11) is 4.13. The molecule has 0 aromatic heterocycles. The van der Waals surface area contributed by atoms with Crippen LogP contribution in [0.1, 0.15) is 5.56 Å². The van der Waals surface area contributed by atoms with Crippen molar-refractivity contribution in [3.05, 3.63) is 34.9 Å². The molecule has 0 aliphatic carbocycles. The van der Waals surface area contributed by atoms with Crippen LogP contribution in [0.15, 0.2) is 24.3 Å². The smallest absolute Gasteiger partial charge is 0.142 e. The number of fused-ring (bicyclic) bond motifs is 1. The van der Waals surface area contributed by atoms with E-state index >= 15 is 0 Å². The van der Waals surface area contributed by atoms with Gasteiger partial charge in [0.05, 0.1) is 25.0 Å². The molecule has 3 fully saturated rings. The number of benzene rings is 1. The summed E-state index contributed by atoms with van der Waals surface area (Å²) in [6.45, 7) is 4.35. The SMILES string of the molecule is CN(CCc1ccc(Cl)cc1)CCN(C)C[C@H]1O[C@@H](N2CNC3C(N)NCNC32)[C@H](O)[C@@H]1O. The van der Waals surface area contributed by atoms with E-state index in [1.54, 1.807) is 0 Å². The Morgan fingerprint density at radius 2 is 1.79 bits per heavy atom. The second-order valence-electron chi connectivity index (χ2n) is 9.45. The van der Waals surface area contributed by atoms with Crippen LogP contribution in [0.5, 0.6) is 0 Å². The third-order valence-electron chi connectivity index (χ3n) is 6.96. The molecule has 33 heavy (non-hydrogen) atoms. The molecule has 0 amide bonds. The molecule has 4 rings (SSSR count). The Balaban J connectivity index is 1.22. The van der Waals surface area contributed by atoms with E-state index in [0.29, 0.717) is 19.9 Å². The van der Waals surface area contributed by atoms with Gasteiger partial charge < -0.3 is 30.5 Å². The molecule has 3 saturated heterocycles. The molecule has 7 N–H and O–H groups in total. The number of nitrogens with zero attached hydrogens (tertiary/aromatic N) is 3. The van der Waals surface area contributed by atoms with Crippen LogP contribution >= 0.6 is 11.6 Å². The molecule has 0 spiro atoms. The van der Waals surface area contributed by atoms with Gasteiger partial charge in [-0.05, 0) is 38.2 Å². The Bertz CT molecular complexity index is 760. The molecule has 186 valence electrons. The van der Waals surface area contributed by atoms with Crippen LogP contribution in [0.2, 0.25) is 5.02 Å². The molecule has 3 heterocycles. The minimum atomic E-state index is -0.973. The van der Waals surface area contributed by atoms with E-state index in [1.165, 1.54) is 5.56 Å². The largest absolute Gasteiger partial charge is 0.387 e. The summed E-state index contributed by atoms with van der Waals surface area (Å²) >= 11 is 5.95. The highest BCUT2D eigenvalue weighted by Gasteiger charge is 2.51. The fraction of sp³-hybridized carbons (Fsp3) is 0.727. The average Bonchev–Trinajstić information content (AvgIpc) is 3.35. The molecule has 1 aromatic carbocycles. The maximum atomic E-state index is 10.7. The standard InChI is InChI=1S/C22H38ClN7O3/c1-28(8-7-14-3-5-15(23)6-4-14)9-10-29(2)11-16-18(31)19(32)22(33-16)30-13-27-17-20(24)25-12-26-21(17)30/h3-6,16-22,25-27,31-32H,7-13,24H2,1-2H3/t16-,17?,18-,19-,20?,21?,22-/m1/s1. The number of halogens is 1. The van der Waals surface area contributed by atoms with Crippen molar-refractivity contribution in [1.82, 2.24) is 30.7 Å². The Kier molecular flexibility index (Phi) is 8.58. The van der Waals surface area contributed by atoms with Crippen LogP contribution in [0.4, 0.5) is 0 Å².